The number of carbonyl (C=O) groups is 1. The minimum atomic E-state index is -0.229. The van der Waals surface area contributed by atoms with Crippen LogP contribution in [-0.4, -0.2) is 34.1 Å². The molecule has 6 nitrogen and oxygen atoms in total. The molecule has 0 aliphatic carbocycles. The van der Waals surface area contributed by atoms with E-state index in [-0.39, 0.29) is 18.1 Å². The average molecular weight is 344 g/mol. The van der Waals surface area contributed by atoms with E-state index in [9.17, 15) is 9.90 Å². The van der Waals surface area contributed by atoms with Crippen molar-refractivity contribution >= 4 is 11.7 Å². The van der Waals surface area contributed by atoms with Gasteiger partial charge in [0.2, 0.25) is 0 Å². The summed E-state index contributed by atoms with van der Waals surface area (Å²) in [6.07, 6.45) is 1.68. The third kappa shape index (κ3) is 5.60. The number of hydrogen-bond donors (Lipinski definition) is 3. The Morgan fingerprint density at radius 2 is 2.04 bits per heavy atom. The molecule has 0 aliphatic heterocycles. The van der Waals surface area contributed by atoms with Crippen LogP contribution in [0.4, 0.5) is 10.5 Å². The second-order valence-corrected chi connectivity index (χ2v) is 7.20. The van der Waals surface area contributed by atoms with Crippen molar-refractivity contribution < 1.29 is 9.90 Å². The Labute approximate surface area is 149 Å². The summed E-state index contributed by atoms with van der Waals surface area (Å²) in [7, 11) is 0. The Kier molecular flexibility index (Phi) is 6.20. The zero-order valence-electron chi connectivity index (χ0n) is 15.5. The van der Waals surface area contributed by atoms with Gasteiger partial charge in [0.25, 0.3) is 0 Å². The van der Waals surface area contributed by atoms with Crippen molar-refractivity contribution in [2.45, 2.75) is 40.5 Å². The molecule has 2 aromatic rings. The van der Waals surface area contributed by atoms with E-state index in [4.69, 9.17) is 0 Å². The molecule has 0 unspecified atom stereocenters. The summed E-state index contributed by atoms with van der Waals surface area (Å²) in [5.74, 6) is 0. The molecule has 0 bridgehead atoms. The van der Waals surface area contributed by atoms with Gasteiger partial charge in [0, 0.05) is 24.5 Å². The van der Waals surface area contributed by atoms with E-state index in [0.717, 1.165) is 35.6 Å². The van der Waals surface area contributed by atoms with E-state index in [2.05, 4.69) is 15.7 Å². The first-order chi connectivity index (χ1) is 11.8. The van der Waals surface area contributed by atoms with Gasteiger partial charge in [0.05, 0.1) is 11.4 Å². The predicted octanol–water partition coefficient (Wildman–Crippen LogP) is 3.41. The molecule has 2 amide bonds. The molecule has 6 heteroatoms. The Morgan fingerprint density at radius 3 is 2.68 bits per heavy atom. The van der Waals surface area contributed by atoms with Crippen LogP contribution >= 0.6 is 0 Å². The maximum absolute atomic E-state index is 12.0. The number of anilines is 1. The monoisotopic (exact) mass is 344 g/mol. The summed E-state index contributed by atoms with van der Waals surface area (Å²) < 4.78 is 1.86. The number of nitrogens with zero attached hydrogens (tertiary/aromatic N) is 2. The number of aliphatic hydroxyl groups excluding tert-OH is 1. The van der Waals surface area contributed by atoms with Crippen LogP contribution in [0.15, 0.2) is 30.3 Å². The van der Waals surface area contributed by atoms with E-state index in [1.807, 2.05) is 62.7 Å². The standard InChI is InChI=1S/C19H28N4O2/c1-14-11-15(2)23(22-14)17-8-5-7-16(12-17)21-18(25)20-10-6-9-19(3,4)13-24/h5,7-8,11-12,24H,6,9-10,13H2,1-4H3,(H2,20,21,25). The first-order valence-electron chi connectivity index (χ1n) is 8.60. The maximum atomic E-state index is 12.0. The fourth-order valence-electron chi connectivity index (χ4n) is 2.63. The van der Waals surface area contributed by atoms with Crippen LogP contribution in [0.5, 0.6) is 0 Å². The van der Waals surface area contributed by atoms with Crippen molar-refractivity contribution in [1.29, 1.82) is 0 Å². The number of amides is 2. The van der Waals surface area contributed by atoms with E-state index in [1.165, 1.54) is 0 Å². The van der Waals surface area contributed by atoms with Gasteiger partial charge in [-0.1, -0.05) is 19.9 Å². The Bertz CT molecular complexity index is 722. The SMILES string of the molecule is Cc1cc(C)n(-c2cccc(NC(=O)NCCCC(C)(C)CO)c2)n1. The topological polar surface area (TPSA) is 79.2 Å². The van der Waals surface area contributed by atoms with Crippen molar-refractivity contribution in [3.63, 3.8) is 0 Å². The summed E-state index contributed by atoms with van der Waals surface area (Å²) in [6.45, 7) is 8.71. The van der Waals surface area contributed by atoms with Crippen LogP contribution in [0.3, 0.4) is 0 Å². The maximum Gasteiger partial charge on any atom is 0.319 e. The number of benzene rings is 1. The highest BCUT2D eigenvalue weighted by atomic mass is 16.3. The minimum Gasteiger partial charge on any atom is -0.396 e. The lowest BCUT2D eigenvalue weighted by atomic mass is 9.89. The van der Waals surface area contributed by atoms with E-state index >= 15 is 0 Å². The molecule has 0 fully saturated rings. The molecule has 1 aromatic heterocycles. The number of aliphatic hydroxyl groups is 1. The van der Waals surface area contributed by atoms with Crippen LogP contribution in [0.2, 0.25) is 0 Å². The quantitative estimate of drug-likeness (QED) is 0.674. The minimum absolute atomic E-state index is 0.105. The molecule has 0 radical (unpaired) electrons. The summed E-state index contributed by atoms with van der Waals surface area (Å²) in [4.78, 5) is 12.0. The van der Waals surface area contributed by atoms with Crippen molar-refractivity contribution in [3.05, 3.63) is 41.7 Å². The average Bonchev–Trinajstić information content (AvgIpc) is 2.90. The highest BCUT2D eigenvalue weighted by molar-refractivity contribution is 5.89. The van der Waals surface area contributed by atoms with Crippen molar-refractivity contribution in [2.24, 2.45) is 5.41 Å². The number of nitrogens with one attached hydrogen (secondary N) is 2. The van der Waals surface area contributed by atoms with Crippen LogP contribution in [0, 0.1) is 19.3 Å². The Balaban J connectivity index is 1.89. The fraction of sp³-hybridized carbons (Fsp3) is 0.474. The molecule has 0 atom stereocenters. The van der Waals surface area contributed by atoms with Gasteiger partial charge in [-0.3, -0.25) is 0 Å². The van der Waals surface area contributed by atoms with Gasteiger partial charge in [-0.05, 0) is 56.4 Å². The molecule has 25 heavy (non-hydrogen) atoms. The predicted molar refractivity (Wildman–Crippen MR) is 100 cm³/mol. The van der Waals surface area contributed by atoms with Gasteiger partial charge in [-0.15, -0.1) is 0 Å². The first-order valence-corrected chi connectivity index (χ1v) is 8.60. The smallest absolute Gasteiger partial charge is 0.319 e. The molecule has 1 aromatic carbocycles. The highest BCUT2D eigenvalue weighted by Gasteiger charge is 2.15. The molecule has 136 valence electrons. The highest BCUT2D eigenvalue weighted by Crippen LogP contribution is 2.20. The number of urea groups is 1. The van der Waals surface area contributed by atoms with Crippen molar-refractivity contribution in [1.82, 2.24) is 15.1 Å². The van der Waals surface area contributed by atoms with Crippen LogP contribution < -0.4 is 10.6 Å². The van der Waals surface area contributed by atoms with Crippen LogP contribution in [0.1, 0.15) is 38.1 Å². The largest absolute Gasteiger partial charge is 0.396 e. The molecule has 0 saturated heterocycles. The Hall–Kier alpha value is -2.34. The molecule has 2 rings (SSSR count). The fourth-order valence-corrected chi connectivity index (χ4v) is 2.63. The first kappa shape index (κ1) is 19.0. The lowest BCUT2D eigenvalue weighted by Crippen LogP contribution is -2.30. The van der Waals surface area contributed by atoms with Gasteiger partial charge in [0.15, 0.2) is 0 Å². The summed E-state index contributed by atoms with van der Waals surface area (Å²) in [5, 5.41) is 19.4. The Morgan fingerprint density at radius 1 is 1.28 bits per heavy atom. The molecule has 3 N–H and O–H groups in total. The molecule has 0 spiro atoms. The second-order valence-electron chi connectivity index (χ2n) is 7.20. The third-order valence-electron chi connectivity index (χ3n) is 4.10. The molecule has 1 heterocycles. The normalized spacial score (nSPS) is 11.4. The van der Waals surface area contributed by atoms with Gasteiger partial charge in [0.1, 0.15) is 0 Å². The van der Waals surface area contributed by atoms with Gasteiger partial charge in [-0.2, -0.15) is 5.10 Å². The van der Waals surface area contributed by atoms with Crippen LogP contribution in [0.25, 0.3) is 5.69 Å². The zero-order valence-corrected chi connectivity index (χ0v) is 15.5. The van der Waals surface area contributed by atoms with E-state index < -0.39 is 0 Å². The van der Waals surface area contributed by atoms with Crippen LogP contribution in [-0.2, 0) is 0 Å². The van der Waals surface area contributed by atoms with Crippen molar-refractivity contribution in [3.8, 4) is 5.69 Å². The van der Waals surface area contributed by atoms with E-state index in [0.29, 0.717) is 6.54 Å². The summed E-state index contributed by atoms with van der Waals surface area (Å²) in [5.41, 5.74) is 3.53. The lowest BCUT2D eigenvalue weighted by Gasteiger charge is -2.21. The van der Waals surface area contributed by atoms with E-state index in [1.54, 1.807) is 0 Å². The summed E-state index contributed by atoms with van der Waals surface area (Å²) >= 11 is 0. The number of rotatable bonds is 7. The number of carbonyl (C=O) groups excluding carboxylic acids is 1. The molecule has 0 saturated carbocycles. The number of hydrogen-bond acceptors (Lipinski definition) is 3. The van der Waals surface area contributed by atoms with Gasteiger partial charge < -0.3 is 15.7 Å². The van der Waals surface area contributed by atoms with Crippen molar-refractivity contribution in [2.75, 3.05) is 18.5 Å². The molecule has 0 aliphatic rings. The lowest BCUT2D eigenvalue weighted by molar-refractivity contribution is 0.148. The zero-order chi connectivity index (χ0) is 18.4. The van der Waals surface area contributed by atoms with Gasteiger partial charge >= 0.3 is 6.03 Å². The third-order valence-corrected chi connectivity index (χ3v) is 4.10. The second kappa shape index (κ2) is 8.16. The number of aromatic nitrogens is 2. The number of aryl methyl sites for hydroxylation is 2. The molecular formula is C19H28N4O2. The van der Waals surface area contributed by atoms with Gasteiger partial charge in [-0.25, -0.2) is 9.48 Å². The molecular weight excluding hydrogens is 316 g/mol. The summed E-state index contributed by atoms with van der Waals surface area (Å²) in [6, 6.07) is 9.38.